The number of alkyl halides is 3. The van der Waals surface area contributed by atoms with Gasteiger partial charge in [-0.1, -0.05) is 6.08 Å². The number of hydrogen-bond donors (Lipinski definition) is 1. The Morgan fingerprint density at radius 1 is 1.26 bits per heavy atom. The third-order valence-corrected chi connectivity index (χ3v) is 6.01. The second-order valence-electron chi connectivity index (χ2n) is 9.77. The number of carbonyl (C=O) groups is 1. The van der Waals surface area contributed by atoms with Gasteiger partial charge in [0.25, 0.3) is 0 Å². The fourth-order valence-corrected chi connectivity index (χ4v) is 4.25. The van der Waals surface area contributed by atoms with E-state index in [0.29, 0.717) is 31.9 Å². The van der Waals surface area contributed by atoms with Crippen LogP contribution in [0, 0.1) is 0 Å². The molecule has 0 aliphatic carbocycles. The van der Waals surface area contributed by atoms with Crippen molar-refractivity contribution in [1.29, 1.82) is 0 Å². The molecule has 8 nitrogen and oxygen atoms in total. The van der Waals surface area contributed by atoms with E-state index in [2.05, 4.69) is 9.88 Å². The molecular weight excluding hydrogens is 451 g/mol. The number of amides is 1. The van der Waals surface area contributed by atoms with Crippen LogP contribution in [0.3, 0.4) is 0 Å². The predicted octanol–water partition coefficient (Wildman–Crippen LogP) is 3.57. The number of likely N-dealkylation sites (tertiary alicyclic amines) is 1. The number of aromatic nitrogens is 1. The molecule has 1 aromatic rings. The standard InChI is InChI=1S/C23H34F3N5O2.H2O.H2/c1-22(2,3)33-21(32)31-11-7-18(8-12-31)29(4)19-13-17(14-28-20(19)27)16-5-9-30(10-6-16)15-23(24,25)26;;/h5,13-14,18H,6-12,15H2,1-4H3,(H2,27,28);1H2;1H. The normalized spacial score (nSPS) is 18.2. The van der Waals surface area contributed by atoms with Gasteiger partial charge in [-0.2, -0.15) is 13.2 Å². The fraction of sp³-hybridized carbons (Fsp3) is 0.652. The molecule has 0 radical (unpaired) electrons. The first kappa shape index (κ1) is 27.7. The van der Waals surface area contributed by atoms with Gasteiger partial charge in [0, 0.05) is 46.9 Å². The average molecular weight is 490 g/mol. The lowest BCUT2D eigenvalue weighted by Crippen LogP contribution is -2.47. The van der Waals surface area contributed by atoms with Gasteiger partial charge in [0.1, 0.15) is 11.4 Å². The molecule has 0 bridgehead atoms. The third kappa shape index (κ3) is 7.49. The molecule has 1 amide bonds. The van der Waals surface area contributed by atoms with Crippen molar-refractivity contribution in [2.45, 2.75) is 57.9 Å². The quantitative estimate of drug-likeness (QED) is 0.693. The van der Waals surface area contributed by atoms with Gasteiger partial charge in [0.05, 0.1) is 12.2 Å². The van der Waals surface area contributed by atoms with Crippen molar-refractivity contribution in [3.8, 4) is 0 Å². The Bertz CT molecular complexity index is 884. The first-order chi connectivity index (χ1) is 15.3. The highest BCUT2D eigenvalue weighted by Gasteiger charge is 2.32. The van der Waals surface area contributed by atoms with Crippen molar-refractivity contribution in [1.82, 2.24) is 14.8 Å². The summed E-state index contributed by atoms with van der Waals surface area (Å²) < 4.78 is 43.4. The number of piperidine rings is 1. The van der Waals surface area contributed by atoms with Gasteiger partial charge in [-0.25, -0.2) is 9.78 Å². The molecule has 1 saturated heterocycles. The second kappa shape index (κ2) is 10.8. The Morgan fingerprint density at radius 3 is 2.44 bits per heavy atom. The molecule has 3 rings (SSSR count). The maximum absolute atomic E-state index is 12.6. The first-order valence-electron chi connectivity index (χ1n) is 11.3. The highest BCUT2D eigenvalue weighted by molar-refractivity contribution is 5.74. The highest BCUT2D eigenvalue weighted by Crippen LogP contribution is 2.31. The summed E-state index contributed by atoms with van der Waals surface area (Å²) in [5, 5.41) is 0. The Morgan fingerprint density at radius 2 is 1.91 bits per heavy atom. The number of pyridine rings is 1. The van der Waals surface area contributed by atoms with Crippen molar-refractivity contribution in [3.63, 3.8) is 0 Å². The van der Waals surface area contributed by atoms with Crippen LogP contribution in [0.5, 0.6) is 0 Å². The largest absolute Gasteiger partial charge is 0.444 e. The zero-order valence-corrected chi connectivity index (χ0v) is 20.3. The van der Waals surface area contributed by atoms with Crippen LogP contribution in [0.2, 0.25) is 0 Å². The number of ether oxygens (including phenoxy) is 1. The summed E-state index contributed by atoms with van der Waals surface area (Å²) in [6.07, 6.45) is 1.11. The summed E-state index contributed by atoms with van der Waals surface area (Å²) in [4.78, 5) is 21.9. The number of nitrogens with two attached hydrogens (primary N) is 1. The maximum atomic E-state index is 12.6. The summed E-state index contributed by atoms with van der Waals surface area (Å²) in [5.41, 5.74) is 8.30. The smallest absolute Gasteiger partial charge is 0.410 e. The lowest BCUT2D eigenvalue weighted by Gasteiger charge is -2.38. The monoisotopic (exact) mass is 489 g/mol. The van der Waals surface area contributed by atoms with E-state index in [4.69, 9.17) is 10.5 Å². The Hall–Kier alpha value is -2.53. The fourth-order valence-electron chi connectivity index (χ4n) is 4.25. The molecule has 0 unspecified atom stereocenters. The van der Waals surface area contributed by atoms with Gasteiger partial charge >= 0.3 is 12.3 Å². The Balaban J connectivity index is 0.00000306. The summed E-state index contributed by atoms with van der Waals surface area (Å²) in [6.45, 7) is 6.45. The van der Waals surface area contributed by atoms with Crippen molar-refractivity contribution in [2.24, 2.45) is 0 Å². The molecule has 0 aromatic carbocycles. The molecule has 0 spiro atoms. The molecule has 1 aromatic heterocycles. The van der Waals surface area contributed by atoms with Crippen LogP contribution < -0.4 is 10.6 Å². The van der Waals surface area contributed by atoms with Crippen molar-refractivity contribution < 1.29 is 29.6 Å². The molecule has 11 heteroatoms. The van der Waals surface area contributed by atoms with Gasteiger partial charge in [-0.3, -0.25) is 4.90 Å². The van der Waals surface area contributed by atoms with Gasteiger partial charge in [0.2, 0.25) is 0 Å². The van der Waals surface area contributed by atoms with E-state index < -0.39 is 18.3 Å². The molecule has 1 fully saturated rings. The van der Waals surface area contributed by atoms with Crippen LogP contribution in [-0.2, 0) is 4.74 Å². The van der Waals surface area contributed by atoms with Gasteiger partial charge in [-0.15, -0.1) is 0 Å². The molecule has 34 heavy (non-hydrogen) atoms. The topological polar surface area (TPSA) is 106 Å². The molecule has 0 saturated carbocycles. The summed E-state index contributed by atoms with van der Waals surface area (Å²) in [5.74, 6) is 0.408. The van der Waals surface area contributed by atoms with Crippen LogP contribution in [0.1, 0.15) is 47.0 Å². The molecule has 194 valence electrons. The lowest BCUT2D eigenvalue weighted by molar-refractivity contribution is -0.144. The molecule has 4 N–H and O–H groups in total. The zero-order chi connectivity index (χ0) is 24.4. The SMILES string of the molecule is CN(c1cc(C2=CCN(CC(F)(F)F)CC2)cnc1N)C1CCN(C(=O)OC(C)(C)C)CC1.O.[HH]. The molecule has 2 aliphatic rings. The number of hydrogen-bond acceptors (Lipinski definition) is 6. The van der Waals surface area contributed by atoms with Gasteiger partial charge in [0.15, 0.2) is 0 Å². The molecular formula is C23H38F3N5O3. The summed E-state index contributed by atoms with van der Waals surface area (Å²) in [6, 6.07) is 2.15. The first-order valence-corrected chi connectivity index (χ1v) is 11.3. The number of anilines is 2. The van der Waals surface area contributed by atoms with E-state index in [0.717, 1.165) is 29.7 Å². The molecule has 2 aliphatic heterocycles. The number of carbonyl (C=O) groups excluding carboxylic acids is 1. The van der Waals surface area contributed by atoms with E-state index in [-0.39, 0.29) is 25.6 Å². The average Bonchev–Trinajstić information content (AvgIpc) is 2.72. The minimum atomic E-state index is -4.19. The molecule has 0 atom stereocenters. The van der Waals surface area contributed by atoms with Gasteiger partial charge < -0.3 is 25.7 Å². The van der Waals surface area contributed by atoms with Crippen molar-refractivity contribution in [3.05, 3.63) is 23.9 Å². The van der Waals surface area contributed by atoms with Crippen molar-refractivity contribution in [2.75, 3.05) is 50.4 Å². The lowest BCUT2D eigenvalue weighted by atomic mass is 9.99. The summed E-state index contributed by atoms with van der Waals surface area (Å²) in [7, 11) is 1.96. The van der Waals surface area contributed by atoms with Crippen molar-refractivity contribution >= 4 is 23.2 Å². The van der Waals surface area contributed by atoms with E-state index in [1.165, 1.54) is 4.90 Å². The number of rotatable bonds is 4. The van der Waals surface area contributed by atoms with E-state index in [9.17, 15) is 18.0 Å². The second-order valence-corrected chi connectivity index (χ2v) is 9.77. The van der Waals surface area contributed by atoms with Crippen LogP contribution in [0.15, 0.2) is 18.3 Å². The maximum Gasteiger partial charge on any atom is 0.410 e. The minimum absolute atomic E-state index is 0. The van der Waals surface area contributed by atoms with Crippen LogP contribution >= 0.6 is 0 Å². The Labute approximate surface area is 200 Å². The highest BCUT2D eigenvalue weighted by atomic mass is 19.4. The molecule has 3 heterocycles. The third-order valence-electron chi connectivity index (χ3n) is 6.01. The van der Waals surface area contributed by atoms with E-state index in [1.54, 1.807) is 11.1 Å². The number of nitrogen functional groups attached to an aromatic ring is 1. The minimum Gasteiger partial charge on any atom is -0.444 e. The van der Waals surface area contributed by atoms with Gasteiger partial charge in [-0.05, 0) is 57.2 Å². The summed E-state index contributed by atoms with van der Waals surface area (Å²) >= 11 is 0. The van der Waals surface area contributed by atoms with E-state index >= 15 is 0 Å². The van der Waals surface area contributed by atoms with E-state index in [1.807, 2.05) is 40.0 Å². The van der Waals surface area contributed by atoms with Crippen LogP contribution in [0.25, 0.3) is 5.57 Å². The van der Waals surface area contributed by atoms with Crippen LogP contribution in [-0.4, -0.2) is 83.9 Å². The number of nitrogens with zero attached hydrogens (tertiary/aromatic N) is 4. The zero-order valence-electron chi connectivity index (χ0n) is 20.3. The van der Waals surface area contributed by atoms with Crippen LogP contribution in [0.4, 0.5) is 29.5 Å². The predicted molar refractivity (Wildman–Crippen MR) is 129 cm³/mol. The Kier molecular flexibility index (Phi) is 8.81. The number of halogens is 3.